The van der Waals surface area contributed by atoms with Crippen LogP contribution in [0.3, 0.4) is 0 Å². The summed E-state index contributed by atoms with van der Waals surface area (Å²) >= 11 is 0. The summed E-state index contributed by atoms with van der Waals surface area (Å²) in [6, 6.07) is 3.20. The summed E-state index contributed by atoms with van der Waals surface area (Å²) < 4.78 is 32.1. The highest BCUT2D eigenvalue weighted by atomic mass is 19.1. The summed E-state index contributed by atoms with van der Waals surface area (Å²) in [5.41, 5.74) is 0.197. The van der Waals surface area contributed by atoms with Gasteiger partial charge in [-0.2, -0.15) is 0 Å². The van der Waals surface area contributed by atoms with Crippen LogP contribution in [0, 0.1) is 17.6 Å². The summed E-state index contributed by atoms with van der Waals surface area (Å²) in [5, 5.41) is 10.2. The van der Waals surface area contributed by atoms with E-state index in [1.807, 2.05) is 0 Å². The van der Waals surface area contributed by atoms with E-state index in [0.717, 1.165) is 25.0 Å². The molecule has 2 saturated heterocycles. The first kappa shape index (κ1) is 16.3. The minimum absolute atomic E-state index is 0.0682. The molecule has 1 amide bonds. The van der Waals surface area contributed by atoms with Gasteiger partial charge in [0.2, 0.25) is 5.91 Å². The highest BCUT2D eigenvalue weighted by Gasteiger charge is 2.39. The molecule has 0 spiro atoms. The van der Waals surface area contributed by atoms with Gasteiger partial charge in [0, 0.05) is 31.2 Å². The highest BCUT2D eigenvalue weighted by molar-refractivity contribution is 5.79. The molecule has 6 heteroatoms. The van der Waals surface area contributed by atoms with Crippen LogP contribution in [-0.2, 0) is 16.0 Å². The van der Waals surface area contributed by atoms with E-state index in [2.05, 4.69) is 0 Å². The SMILES string of the molecule is O=C(Cc1ccc(F)cc1F)N1CCC[C@@H]1[C@@H]1COCC[C@H]1O. The van der Waals surface area contributed by atoms with E-state index in [1.165, 1.54) is 6.07 Å². The minimum Gasteiger partial charge on any atom is -0.393 e. The highest BCUT2D eigenvalue weighted by Crippen LogP contribution is 2.30. The van der Waals surface area contributed by atoms with Gasteiger partial charge >= 0.3 is 0 Å². The lowest BCUT2D eigenvalue weighted by Crippen LogP contribution is -2.48. The number of carbonyl (C=O) groups is 1. The normalized spacial score (nSPS) is 28.1. The lowest BCUT2D eigenvalue weighted by Gasteiger charge is -2.37. The van der Waals surface area contributed by atoms with Crippen molar-refractivity contribution in [2.45, 2.75) is 37.8 Å². The summed E-state index contributed by atoms with van der Waals surface area (Å²) in [6.45, 7) is 1.59. The molecule has 0 aliphatic carbocycles. The largest absolute Gasteiger partial charge is 0.393 e. The Labute approximate surface area is 134 Å². The molecule has 3 atom stereocenters. The average molecular weight is 325 g/mol. The standard InChI is InChI=1S/C17H21F2NO3/c18-12-4-3-11(14(19)9-12)8-17(22)20-6-1-2-15(20)13-10-23-7-5-16(13)21/h3-4,9,13,15-16,21H,1-2,5-8,10H2/t13-,15+,16+/m0/s1. The molecular weight excluding hydrogens is 304 g/mol. The molecule has 0 saturated carbocycles. The molecule has 0 aromatic heterocycles. The minimum atomic E-state index is -0.699. The molecule has 0 unspecified atom stereocenters. The number of benzene rings is 1. The van der Waals surface area contributed by atoms with Crippen LogP contribution in [0.4, 0.5) is 8.78 Å². The second-order valence-corrected chi connectivity index (χ2v) is 6.30. The first-order valence-electron chi connectivity index (χ1n) is 8.05. The van der Waals surface area contributed by atoms with Crippen LogP contribution in [0.5, 0.6) is 0 Å². The van der Waals surface area contributed by atoms with E-state index < -0.39 is 17.7 Å². The molecule has 23 heavy (non-hydrogen) atoms. The van der Waals surface area contributed by atoms with Crippen LogP contribution in [0.15, 0.2) is 18.2 Å². The second kappa shape index (κ2) is 6.93. The number of aliphatic hydroxyl groups is 1. The van der Waals surface area contributed by atoms with Gasteiger partial charge in [0.05, 0.1) is 19.1 Å². The molecule has 126 valence electrons. The van der Waals surface area contributed by atoms with Gasteiger partial charge in [0.1, 0.15) is 11.6 Å². The van der Waals surface area contributed by atoms with Crippen LogP contribution < -0.4 is 0 Å². The topological polar surface area (TPSA) is 49.8 Å². The fraction of sp³-hybridized carbons (Fsp3) is 0.588. The van der Waals surface area contributed by atoms with Gasteiger partial charge in [-0.05, 0) is 30.9 Å². The van der Waals surface area contributed by atoms with Gasteiger partial charge in [-0.15, -0.1) is 0 Å². The van der Waals surface area contributed by atoms with Gasteiger partial charge < -0.3 is 14.7 Å². The van der Waals surface area contributed by atoms with Crippen molar-refractivity contribution in [1.82, 2.24) is 4.90 Å². The third kappa shape index (κ3) is 3.53. The number of aliphatic hydroxyl groups excluding tert-OH is 1. The Balaban J connectivity index is 1.70. The van der Waals surface area contributed by atoms with Gasteiger partial charge in [-0.3, -0.25) is 4.79 Å². The van der Waals surface area contributed by atoms with Crippen LogP contribution in [0.1, 0.15) is 24.8 Å². The molecular formula is C17H21F2NO3. The third-order valence-electron chi connectivity index (χ3n) is 4.83. The molecule has 2 heterocycles. The fourth-order valence-corrected chi connectivity index (χ4v) is 3.59. The Hall–Kier alpha value is -1.53. The Kier molecular flexibility index (Phi) is 4.92. The van der Waals surface area contributed by atoms with Crippen molar-refractivity contribution >= 4 is 5.91 Å². The smallest absolute Gasteiger partial charge is 0.227 e. The number of hydrogen-bond donors (Lipinski definition) is 1. The number of rotatable bonds is 3. The predicted octanol–water partition coefficient (Wildman–Crippen LogP) is 1.90. The van der Waals surface area contributed by atoms with Crippen molar-refractivity contribution < 1.29 is 23.4 Å². The van der Waals surface area contributed by atoms with Crippen molar-refractivity contribution in [2.75, 3.05) is 19.8 Å². The van der Waals surface area contributed by atoms with E-state index in [0.29, 0.717) is 26.2 Å². The van der Waals surface area contributed by atoms with Crippen LogP contribution in [0.2, 0.25) is 0 Å². The maximum absolute atomic E-state index is 13.7. The molecule has 0 radical (unpaired) electrons. The van der Waals surface area contributed by atoms with Gasteiger partial charge in [-0.1, -0.05) is 6.07 Å². The predicted molar refractivity (Wildman–Crippen MR) is 79.7 cm³/mol. The Morgan fingerprint density at radius 3 is 2.91 bits per heavy atom. The lowest BCUT2D eigenvalue weighted by atomic mass is 9.89. The summed E-state index contributed by atoms with van der Waals surface area (Å²) in [5.74, 6) is -1.63. The molecule has 0 bridgehead atoms. The Morgan fingerprint density at radius 2 is 2.17 bits per heavy atom. The lowest BCUT2D eigenvalue weighted by molar-refractivity contribution is -0.135. The van der Waals surface area contributed by atoms with Crippen molar-refractivity contribution in [3.05, 3.63) is 35.4 Å². The van der Waals surface area contributed by atoms with Crippen LogP contribution >= 0.6 is 0 Å². The number of hydrogen-bond acceptors (Lipinski definition) is 3. The fourth-order valence-electron chi connectivity index (χ4n) is 3.59. The van der Waals surface area contributed by atoms with Crippen molar-refractivity contribution in [1.29, 1.82) is 0 Å². The quantitative estimate of drug-likeness (QED) is 0.923. The van der Waals surface area contributed by atoms with Crippen molar-refractivity contribution in [3.63, 3.8) is 0 Å². The Bertz CT molecular complexity index is 581. The van der Waals surface area contributed by atoms with Crippen LogP contribution in [-0.4, -0.2) is 47.8 Å². The molecule has 2 fully saturated rings. The molecule has 3 rings (SSSR count). The number of amides is 1. The first-order chi connectivity index (χ1) is 11.1. The van der Waals surface area contributed by atoms with E-state index in [9.17, 15) is 18.7 Å². The molecule has 4 nitrogen and oxygen atoms in total. The number of ether oxygens (including phenoxy) is 1. The van der Waals surface area contributed by atoms with Gasteiger partial charge in [0.15, 0.2) is 0 Å². The van der Waals surface area contributed by atoms with Crippen molar-refractivity contribution in [2.24, 2.45) is 5.92 Å². The van der Waals surface area contributed by atoms with E-state index in [-0.39, 0.29) is 29.9 Å². The molecule has 2 aliphatic heterocycles. The summed E-state index contributed by atoms with van der Waals surface area (Å²) in [7, 11) is 0. The maximum Gasteiger partial charge on any atom is 0.227 e. The number of carbonyl (C=O) groups excluding carboxylic acids is 1. The first-order valence-corrected chi connectivity index (χ1v) is 8.05. The van der Waals surface area contributed by atoms with E-state index >= 15 is 0 Å². The van der Waals surface area contributed by atoms with Gasteiger partial charge in [-0.25, -0.2) is 8.78 Å². The van der Waals surface area contributed by atoms with E-state index in [4.69, 9.17) is 4.74 Å². The summed E-state index contributed by atoms with van der Waals surface area (Å²) in [4.78, 5) is 14.3. The monoisotopic (exact) mass is 325 g/mol. The second-order valence-electron chi connectivity index (χ2n) is 6.30. The maximum atomic E-state index is 13.7. The zero-order valence-electron chi connectivity index (χ0n) is 12.9. The number of nitrogens with zero attached hydrogens (tertiary/aromatic N) is 1. The molecule has 2 aliphatic rings. The average Bonchev–Trinajstić information content (AvgIpc) is 3.00. The Morgan fingerprint density at radius 1 is 1.35 bits per heavy atom. The zero-order chi connectivity index (χ0) is 16.4. The van der Waals surface area contributed by atoms with Gasteiger partial charge in [0.25, 0.3) is 0 Å². The van der Waals surface area contributed by atoms with Crippen LogP contribution in [0.25, 0.3) is 0 Å². The number of halogens is 2. The molecule has 1 aromatic carbocycles. The van der Waals surface area contributed by atoms with E-state index in [1.54, 1.807) is 4.90 Å². The summed E-state index contributed by atoms with van der Waals surface area (Å²) in [6.07, 6.45) is 1.71. The third-order valence-corrected chi connectivity index (χ3v) is 4.83. The molecule has 1 N–H and O–H groups in total. The number of likely N-dealkylation sites (tertiary alicyclic amines) is 1. The molecule has 1 aromatic rings. The zero-order valence-corrected chi connectivity index (χ0v) is 12.9. The van der Waals surface area contributed by atoms with Crippen molar-refractivity contribution in [3.8, 4) is 0 Å².